The summed E-state index contributed by atoms with van der Waals surface area (Å²) in [4.78, 5) is 12.4. The van der Waals surface area contributed by atoms with Gasteiger partial charge >= 0.3 is 0 Å². The van der Waals surface area contributed by atoms with Gasteiger partial charge in [0.05, 0.1) is 11.4 Å². The fourth-order valence-electron chi connectivity index (χ4n) is 1.61. The molecule has 0 radical (unpaired) electrons. The zero-order valence-corrected chi connectivity index (χ0v) is 15.2. The smallest absolute Gasteiger partial charge is 0.241 e. The van der Waals surface area contributed by atoms with E-state index < -0.39 is 10.2 Å². The van der Waals surface area contributed by atoms with E-state index in [1.807, 2.05) is 27.7 Å². The first-order valence-corrected chi connectivity index (χ1v) is 8.60. The minimum Gasteiger partial charge on any atom is -0.395 e. The Morgan fingerprint density at radius 2 is 2.05 bits per heavy atom. The van der Waals surface area contributed by atoms with Crippen LogP contribution in [-0.2, 0) is 10.2 Å². The van der Waals surface area contributed by atoms with Crippen LogP contribution in [0.25, 0.3) is 0 Å². The van der Waals surface area contributed by atoms with E-state index in [9.17, 15) is 9.90 Å². The van der Waals surface area contributed by atoms with Gasteiger partial charge in [0.15, 0.2) is 5.82 Å². The lowest BCUT2D eigenvalue weighted by atomic mass is 9.92. The monoisotopic (exact) mass is 328 g/mol. The standard InChI is InChI=1S/C16H28N2O3S/c1-11(2)7-8-22-16(5,6)14(20)17-13-9-12(21-18-13)15(3,4)10-19/h9,11,19H,7-8,10H2,1-6H3,(H,17,18,20). The summed E-state index contributed by atoms with van der Waals surface area (Å²) >= 11 is 1.64. The molecule has 0 aliphatic heterocycles. The van der Waals surface area contributed by atoms with Gasteiger partial charge in [0, 0.05) is 11.5 Å². The highest BCUT2D eigenvalue weighted by atomic mass is 32.2. The van der Waals surface area contributed by atoms with Gasteiger partial charge in [-0.25, -0.2) is 0 Å². The van der Waals surface area contributed by atoms with Gasteiger partial charge in [0.2, 0.25) is 5.91 Å². The van der Waals surface area contributed by atoms with Crippen molar-refractivity contribution in [2.45, 2.75) is 58.1 Å². The number of thioether (sulfide) groups is 1. The highest BCUT2D eigenvalue weighted by molar-refractivity contribution is 8.01. The molecule has 0 aliphatic rings. The predicted octanol–water partition coefficient (Wildman–Crippen LogP) is 3.44. The van der Waals surface area contributed by atoms with Crippen molar-refractivity contribution in [2.24, 2.45) is 5.92 Å². The summed E-state index contributed by atoms with van der Waals surface area (Å²) in [7, 11) is 0. The van der Waals surface area contributed by atoms with Crippen molar-refractivity contribution in [1.29, 1.82) is 0 Å². The lowest BCUT2D eigenvalue weighted by Crippen LogP contribution is -2.34. The van der Waals surface area contributed by atoms with E-state index in [4.69, 9.17) is 4.52 Å². The second kappa shape index (κ2) is 7.51. The molecule has 0 aliphatic carbocycles. The van der Waals surface area contributed by atoms with Crippen LogP contribution in [0.1, 0.15) is 53.7 Å². The number of anilines is 1. The maximum Gasteiger partial charge on any atom is 0.241 e. The van der Waals surface area contributed by atoms with Crippen LogP contribution in [0, 0.1) is 5.92 Å². The third kappa shape index (κ3) is 5.32. The van der Waals surface area contributed by atoms with E-state index in [2.05, 4.69) is 24.3 Å². The molecule has 0 spiro atoms. The number of nitrogens with one attached hydrogen (secondary N) is 1. The second-order valence-electron chi connectivity index (χ2n) is 7.11. The molecule has 2 N–H and O–H groups in total. The van der Waals surface area contributed by atoms with E-state index in [0.717, 1.165) is 12.2 Å². The number of rotatable bonds is 8. The first-order chi connectivity index (χ1) is 10.1. The Labute approximate surface area is 137 Å². The zero-order valence-electron chi connectivity index (χ0n) is 14.4. The van der Waals surface area contributed by atoms with Crippen molar-refractivity contribution < 1.29 is 14.4 Å². The molecule has 0 aromatic carbocycles. The number of aliphatic hydroxyl groups is 1. The van der Waals surface area contributed by atoms with Gasteiger partial charge < -0.3 is 14.9 Å². The Morgan fingerprint density at radius 1 is 1.41 bits per heavy atom. The van der Waals surface area contributed by atoms with Crippen molar-refractivity contribution in [1.82, 2.24) is 5.16 Å². The number of carbonyl (C=O) groups excluding carboxylic acids is 1. The molecule has 126 valence electrons. The molecule has 0 atom stereocenters. The second-order valence-corrected chi connectivity index (χ2v) is 8.83. The zero-order chi connectivity index (χ0) is 17.0. The molecule has 5 nitrogen and oxygen atoms in total. The van der Waals surface area contributed by atoms with Crippen LogP contribution in [0.3, 0.4) is 0 Å². The molecule has 0 saturated heterocycles. The summed E-state index contributed by atoms with van der Waals surface area (Å²) in [6.07, 6.45) is 1.08. The molecule has 0 bridgehead atoms. The minimum atomic E-state index is -0.527. The highest BCUT2D eigenvalue weighted by Gasteiger charge is 2.30. The largest absolute Gasteiger partial charge is 0.395 e. The van der Waals surface area contributed by atoms with E-state index in [1.165, 1.54) is 0 Å². The Hall–Kier alpha value is -1.01. The topological polar surface area (TPSA) is 75.4 Å². The number of nitrogens with zero attached hydrogens (tertiary/aromatic N) is 1. The van der Waals surface area contributed by atoms with Gasteiger partial charge in [-0.1, -0.05) is 32.9 Å². The third-order valence-electron chi connectivity index (χ3n) is 3.52. The van der Waals surface area contributed by atoms with Crippen LogP contribution in [-0.4, -0.2) is 33.3 Å². The predicted molar refractivity (Wildman–Crippen MR) is 91.2 cm³/mol. The third-order valence-corrected chi connectivity index (χ3v) is 4.87. The molecule has 1 rings (SSSR count). The van der Waals surface area contributed by atoms with Crippen molar-refractivity contribution >= 4 is 23.5 Å². The van der Waals surface area contributed by atoms with E-state index in [1.54, 1.807) is 17.8 Å². The number of hydrogen-bond donors (Lipinski definition) is 2. The maximum atomic E-state index is 12.4. The Morgan fingerprint density at radius 3 is 2.59 bits per heavy atom. The van der Waals surface area contributed by atoms with Gasteiger partial charge in [-0.3, -0.25) is 4.79 Å². The average molecular weight is 328 g/mol. The molecule has 22 heavy (non-hydrogen) atoms. The molecular weight excluding hydrogens is 300 g/mol. The SMILES string of the molecule is CC(C)CCSC(C)(C)C(=O)Nc1cc(C(C)(C)CO)on1. The molecule has 1 aromatic heterocycles. The molecular formula is C16H28N2O3S. The Bertz CT molecular complexity index is 495. The fraction of sp³-hybridized carbons (Fsp3) is 0.750. The van der Waals surface area contributed by atoms with Gasteiger partial charge in [-0.2, -0.15) is 0 Å². The van der Waals surface area contributed by atoms with Crippen molar-refractivity contribution in [3.05, 3.63) is 11.8 Å². The van der Waals surface area contributed by atoms with E-state index >= 15 is 0 Å². The van der Waals surface area contributed by atoms with Crippen LogP contribution in [0.15, 0.2) is 10.6 Å². The molecule has 1 amide bonds. The summed E-state index contributed by atoms with van der Waals surface area (Å²) in [5.74, 6) is 2.42. The number of carbonyl (C=O) groups is 1. The quantitative estimate of drug-likeness (QED) is 0.764. The Balaban J connectivity index is 2.64. The van der Waals surface area contributed by atoms with E-state index in [-0.39, 0.29) is 12.5 Å². The lowest BCUT2D eigenvalue weighted by molar-refractivity contribution is -0.117. The van der Waals surface area contributed by atoms with Crippen LogP contribution >= 0.6 is 11.8 Å². The van der Waals surface area contributed by atoms with Crippen molar-refractivity contribution in [3.8, 4) is 0 Å². The molecule has 6 heteroatoms. The maximum absolute atomic E-state index is 12.4. The van der Waals surface area contributed by atoms with Gasteiger partial charge in [0.25, 0.3) is 0 Å². The van der Waals surface area contributed by atoms with Crippen LogP contribution < -0.4 is 5.32 Å². The van der Waals surface area contributed by atoms with Crippen LogP contribution in [0.4, 0.5) is 5.82 Å². The average Bonchev–Trinajstić information content (AvgIpc) is 2.87. The van der Waals surface area contributed by atoms with Crippen LogP contribution in [0.2, 0.25) is 0 Å². The molecule has 0 unspecified atom stereocenters. The summed E-state index contributed by atoms with van der Waals surface area (Å²) in [5, 5.41) is 16.0. The van der Waals surface area contributed by atoms with E-state index in [0.29, 0.717) is 17.5 Å². The summed E-state index contributed by atoms with van der Waals surface area (Å²) in [6.45, 7) is 11.8. The van der Waals surface area contributed by atoms with Crippen molar-refractivity contribution in [2.75, 3.05) is 17.7 Å². The molecule has 1 aromatic rings. The number of aliphatic hydroxyl groups excluding tert-OH is 1. The van der Waals surface area contributed by atoms with Gasteiger partial charge in [0.1, 0.15) is 5.76 Å². The van der Waals surface area contributed by atoms with Gasteiger partial charge in [-0.05, 0) is 31.9 Å². The first-order valence-electron chi connectivity index (χ1n) is 7.62. The first kappa shape index (κ1) is 19.0. The minimum absolute atomic E-state index is 0.0495. The highest BCUT2D eigenvalue weighted by Crippen LogP contribution is 2.29. The Kier molecular flexibility index (Phi) is 6.50. The molecule has 0 saturated carbocycles. The number of amides is 1. The number of aromatic nitrogens is 1. The lowest BCUT2D eigenvalue weighted by Gasteiger charge is -2.22. The molecule has 0 fully saturated rings. The summed E-state index contributed by atoms with van der Waals surface area (Å²) < 4.78 is 4.69. The fourth-order valence-corrected chi connectivity index (χ4v) is 2.89. The normalized spacial score (nSPS) is 12.7. The van der Waals surface area contributed by atoms with Crippen molar-refractivity contribution in [3.63, 3.8) is 0 Å². The summed E-state index contributed by atoms with van der Waals surface area (Å²) in [5.41, 5.74) is -0.516. The van der Waals surface area contributed by atoms with Gasteiger partial charge in [-0.15, -0.1) is 11.8 Å². The summed E-state index contributed by atoms with van der Waals surface area (Å²) in [6, 6.07) is 1.67. The number of hydrogen-bond acceptors (Lipinski definition) is 5. The van der Waals surface area contributed by atoms with Crippen LogP contribution in [0.5, 0.6) is 0 Å². The molecule has 1 heterocycles.